The Balaban J connectivity index is 2.29. The molecule has 2 rings (SSSR count). The molecule has 3 heteroatoms. The highest BCUT2D eigenvalue weighted by molar-refractivity contribution is 6.05. The fraction of sp³-hybridized carbons (Fsp3) is 0.789. The van der Waals surface area contributed by atoms with E-state index in [9.17, 15) is 9.59 Å². The van der Waals surface area contributed by atoms with Gasteiger partial charge in [-0.25, -0.2) is 0 Å². The maximum absolute atomic E-state index is 12.9. The van der Waals surface area contributed by atoms with Crippen LogP contribution < -0.4 is 0 Å². The van der Waals surface area contributed by atoms with Gasteiger partial charge in [0.25, 0.3) is 0 Å². The molecule has 3 atom stereocenters. The van der Waals surface area contributed by atoms with Crippen LogP contribution in [0.2, 0.25) is 0 Å². The van der Waals surface area contributed by atoms with Crippen LogP contribution in [0.4, 0.5) is 0 Å². The Labute approximate surface area is 134 Å². The first-order valence-corrected chi connectivity index (χ1v) is 8.72. The largest absolute Gasteiger partial charge is 0.466 e. The molecule has 3 unspecified atom stereocenters. The molecule has 0 aromatic rings. The van der Waals surface area contributed by atoms with Gasteiger partial charge in [-0.15, -0.1) is 0 Å². The summed E-state index contributed by atoms with van der Waals surface area (Å²) in [6.45, 7) is 10.8. The molecule has 3 nitrogen and oxygen atoms in total. The highest BCUT2D eigenvalue weighted by atomic mass is 16.5. The van der Waals surface area contributed by atoms with Crippen LogP contribution in [-0.2, 0) is 14.3 Å². The van der Waals surface area contributed by atoms with Crippen molar-refractivity contribution >= 4 is 11.8 Å². The molecule has 0 saturated heterocycles. The van der Waals surface area contributed by atoms with Crippen molar-refractivity contribution < 1.29 is 14.3 Å². The maximum Gasteiger partial charge on any atom is 0.312 e. The van der Waals surface area contributed by atoms with Gasteiger partial charge in [-0.05, 0) is 43.1 Å². The number of ether oxygens (including phenoxy) is 1. The number of fused-ring (bicyclic) bond motifs is 2. The van der Waals surface area contributed by atoms with Gasteiger partial charge in [-0.2, -0.15) is 0 Å². The Bertz CT molecular complexity index is 489. The number of ketones is 1. The molecule has 2 bridgehead atoms. The van der Waals surface area contributed by atoms with Gasteiger partial charge in [0.2, 0.25) is 0 Å². The molecule has 2 saturated carbocycles. The molecular weight excluding hydrogens is 276 g/mol. The second-order valence-corrected chi connectivity index (χ2v) is 7.60. The molecule has 124 valence electrons. The van der Waals surface area contributed by atoms with Crippen LogP contribution in [0, 0.1) is 22.7 Å². The van der Waals surface area contributed by atoms with E-state index in [0.29, 0.717) is 12.5 Å². The number of unbranched alkanes of at least 4 members (excludes halogenated alkanes) is 1. The number of carbonyl (C=O) groups excluding carboxylic acids is 2. The number of esters is 1. The van der Waals surface area contributed by atoms with Gasteiger partial charge < -0.3 is 4.74 Å². The minimum atomic E-state index is -0.266. The first-order chi connectivity index (χ1) is 10.3. The van der Waals surface area contributed by atoms with E-state index in [0.717, 1.165) is 37.7 Å². The first-order valence-electron chi connectivity index (χ1n) is 8.72. The zero-order valence-corrected chi connectivity index (χ0v) is 14.7. The zero-order chi connectivity index (χ0) is 16.5. The van der Waals surface area contributed by atoms with E-state index in [1.54, 1.807) is 0 Å². The van der Waals surface area contributed by atoms with Gasteiger partial charge in [0, 0.05) is 5.41 Å². The monoisotopic (exact) mass is 306 g/mol. The van der Waals surface area contributed by atoms with Crippen LogP contribution in [0.5, 0.6) is 0 Å². The average molecular weight is 306 g/mol. The average Bonchev–Trinajstić information content (AvgIpc) is 2.77. The lowest BCUT2D eigenvalue weighted by atomic mass is 9.70. The summed E-state index contributed by atoms with van der Waals surface area (Å²) in [5.74, 6) is 0.114. The number of hydrogen-bond donors (Lipinski definition) is 0. The maximum atomic E-state index is 12.9. The Morgan fingerprint density at radius 1 is 1.36 bits per heavy atom. The molecule has 22 heavy (non-hydrogen) atoms. The lowest BCUT2D eigenvalue weighted by Gasteiger charge is -2.31. The smallest absolute Gasteiger partial charge is 0.312 e. The fourth-order valence-electron chi connectivity index (χ4n) is 4.28. The van der Waals surface area contributed by atoms with E-state index in [2.05, 4.69) is 27.7 Å². The molecule has 0 amide bonds. The van der Waals surface area contributed by atoms with Crippen LogP contribution in [-0.4, -0.2) is 18.4 Å². The standard InChI is InChI=1S/C19H30O3/c1-6-8-9-13(17(21)22-7-2)12-14-15-10-11-19(5,16(14)20)18(15,3)4/h12-13,15H,6-11H2,1-5H3/b14-12+. The van der Waals surface area contributed by atoms with E-state index >= 15 is 0 Å². The molecular formula is C19H30O3. The Morgan fingerprint density at radius 2 is 2.05 bits per heavy atom. The summed E-state index contributed by atoms with van der Waals surface area (Å²) >= 11 is 0. The van der Waals surface area contributed by atoms with E-state index in [-0.39, 0.29) is 28.5 Å². The van der Waals surface area contributed by atoms with E-state index in [1.165, 1.54) is 0 Å². The van der Waals surface area contributed by atoms with Crippen molar-refractivity contribution in [1.29, 1.82) is 0 Å². The third kappa shape index (κ3) is 2.53. The number of hydrogen-bond acceptors (Lipinski definition) is 3. The molecule has 2 aliphatic rings. The van der Waals surface area contributed by atoms with Gasteiger partial charge in [-0.1, -0.05) is 46.6 Å². The lowest BCUT2D eigenvalue weighted by Crippen LogP contribution is -2.32. The van der Waals surface area contributed by atoms with E-state index in [1.807, 2.05) is 13.0 Å². The second-order valence-electron chi connectivity index (χ2n) is 7.60. The lowest BCUT2D eigenvalue weighted by molar-refractivity contribution is -0.146. The Morgan fingerprint density at radius 3 is 2.55 bits per heavy atom. The number of carbonyl (C=O) groups is 2. The minimum Gasteiger partial charge on any atom is -0.466 e. The van der Waals surface area contributed by atoms with E-state index < -0.39 is 0 Å². The number of allylic oxidation sites excluding steroid dienone is 1. The van der Waals surface area contributed by atoms with Gasteiger partial charge in [-0.3, -0.25) is 9.59 Å². The highest BCUT2D eigenvalue weighted by Gasteiger charge is 2.63. The second kappa shape index (κ2) is 6.17. The van der Waals surface area contributed by atoms with Gasteiger partial charge in [0.1, 0.15) is 0 Å². The third-order valence-electron chi connectivity index (χ3n) is 6.20. The summed E-state index contributed by atoms with van der Waals surface area (Å²) in [5, 5.41) is 0. The summed E-state index contributed by atoms with van der Waals surface area (Å²) in [6, 6.07) is 0. The van der Waals surface area contributed by atoms with Crippen LogP contribution >= 0.6 is 0 Å². The molecule has 2 fully saturated rings. The van der Waals surface area contributed by atoms with Gasteiger partial charge in [0.15, 0.2) is 5.78 Å². The molecule has 0 heterocycles. The van der Waals surface area contributed by atoms with Crippen molar-refractivity contribution in [3.63, 3.8) is 0 Å². The highest BCUT2D eigenvalue weighted by Crippen LogP contribution is 2.65. The van der Waals surface area contributed by atoms with Crippen LogP contribution in [0.3, 0.4) is 0 Å². The Kier molecular flexibility index (Phi) is 4.84. The Hall–Kier alpha value is -1.12. The molecule has 2 aliphatic carbocycles. The fourth-order valence-corrected chi connectivity index (χ4v) is 4.28. The molecule has 0 aromatic heterocycles. The quantitative estimate of drug-likeness (QED) is 0.542. The van der Waals surface area contributed by atoms with Crippen molar-refractivity contribution in [1.82, 2.24) is 0 Å². The predicted octanol–water partition coefficient (Wildman–Crippen LogP) is 4.31. The van der Waals surface area contributed by atoms with Gasteiger partial charge in [0.05, 0.1) is 12.5 Å². The van der Waals surface area contributed by atoms with Crippen LogP contribution in [0.1, 0.15) is 66.7 Å². The zero-order valence-electron chi connectivity index (χ0n) is 14.7. The molecule has 0 spiro atoms. The van der Waals surface area contributed by atoms with Crippen molar-refractivity contribution in [2.24, 2.45) is 22.7 Å². The first kappa shape index (κ1) is 17.2. The third-order valence-corrected chi connectivity index (χ3v) is 6.20. The summed E-state index contributed by atoms with van der Waals surface area (Å²) in [5.41, 5.74) is 0.640. The predicted molar refractivity (Wildman–Crippen MR) is 87.4 cm³/mol. The van der Waals surface area contributed by atoms with Crippen LogP contribution in [0.15, 0.2) is 11.6 Å². The number of rotatable bonds is 6. The minimum absolute atomic E-state index is 0.000115. The van der Waals surface area contributed by atoms with Crippen molar-refractivity contribution in [2.45, 2.75) is 66.7 Å². The number of Topliss-reactive ketones (excluding diaryl/α,β-unsaturated/α-hetero) is 1. The topological polar surface area (TPSA) is 43.4 Å². The molecule has 0 radical (unpaired) electrons. The summed E-state index contributed by atoms with van der Waals surface area (Å²) < 4.78 is 5.21. The summed E-state index contributed by atoms with van der Waals surface area (Å²) in [6.07, 6.45) is 6.78. The van der Waals surface area contributed by atoms with Crippen molar-refractivity contribution in [3.8, 4) is 0 Å². The molecule has 0 aromatic carbocycles. The summed E-state index contributed by atoms with van der Waals surface area (Å²) in [7, 11) is 0. The van der Waals surface area contributed by atoms with Crippen molar-refractivity contribution in [2.75, 3.05) is 6.61 Å². The molecule has 0 aliphatic heterocycles. The normalized spacial score (nSPS) is 32.5. The molecule has 0 N–H and O–H groups in total. The van der Waals surface area contributed by atoms with Crippen LogP contribution in [0.25, 0.3) is 0 Å². The van der Waals surface area contributed by atoms with Crippen molar-refractivity contribution in [3.05, 3.63) is 11.6 Å². The van der Waals surface area contributed by atoms with Gasteiger partial charge >= 0.3 is 5.97 Å². The summed E-state index contributed by atoms with van der Waals surface area (Å²) in [4.78, 5) is 25.1. The SMILES string of the molecule is CCCCC(/C=C1/C(=O)C2(C)CCC1C2(C)C)C(=O)OCC. The van der Waals surface area contributed by atoms with E-state index in [4.69, 9.17) is 4.74 Å².